The molecule has 0 bridgehead atoms. The van der Waals surface area contributed by atoms with Gasteiger partial charge in [0.25, 0.3) is 0 Å². The Kier molecular flexibility index (Phi) is 4.16. The fourth-order valence-corrected chi connectivity index (χ4v) is 2.35. The molecule has 0 aromatic heterocycles. The minimum atomic E-state index is -4.16. The van der Waals surface area contributed by atoms with Crippen LogP contribution in [0.15, 0.2) is 17.0 Å². The number of halogens is 3. The van der Waals surface area contributed by atoms with Gasteiger partial charge in [0.2, 0.25) is 10.0 Å². The van der Waals surface area contributed by atoms with Crippen molar-refractivity contribution in [3.05, 3.63) is 29.6 Å². The van der Waals surface area contributed by atoms with Crippen LogP contribution in [0.2, 0.25) is 0 Å². The molecule has 0 spiro atoms. The Morgan fingerprint density at radius 2 is 1.76 bits per heavy atom. The smallest absolute Gasteiger partial charge is 0.211 e. The van der Waals surface area contributed by atoms with Gasteiger partial charge in [0.05, 0.1) is 0 Å². The lowest BCUT2D eigenvalue weighted by atomic mass is 10.2. The van der Waals surface area contributed by atoms with E-state index in [-0.39, 0.29) is 12.5 Å². The first-order chi connectivity index (χ1) is 7.75. The Balaban J connectivity index is 3.12. The Bertz CT molecular complexity index is 515. The Labute approximate surface area is 97.7 Å². The number of hydrogen-bond donors (Lipinski definition) is 1. The van der Waals surface area contributed by atoms with E-state index in [2.05, 4.69) is 4.72 Å². The van der Waals surface area contributed by atoms with Crippen molar-refractivity contribution in [2.24, 2.45) is 5.92 Å². The molecular formula is C10H12F3NO2S. The molecule has 0 aliphatic rings. The van der Waals surface area contributed by atoms with Crippen LogP contribution in [0.5, 0.6) is 0 Å². The molecule has 1 rings (SSSR count). The van der Waals surface area contributed by atoms with E-state index in [0.717, 1.165) is 0 Å². The van der Waals surface area contributed by atoms with E-state index < -0.39 is 32.4 Å². The molecule has 0 aliphatic heterocycles. The summed E-state index contributed by atoms with van der Waals surface area (Å²) in [7, 11) is -4.16. The van der Waals surface area contributed by atoms with Crippen molar-refractivity contribution < 1.29 is 21.6 Å². The molecule has 0 amide bonds. The minimum Gasteiger partial charge on any atom is -0.211 e. The normalized spacial score (nSPS) is 12.1. The average Bonchev–Trinajstić information content (AvgIpc) is 2.23. The van der Waals surface area contributed by atoms with Crippen molar-refractivity contribution in [2.45, 2.75) is 18.7 Å². The van der Waals surface area contributed by atoms with E-state index in [9.17, 15) is 21.6 Å². The lowest BCUT2D eigenvalue weighted by Gasteiger charge is -2.09. The molecule has 0 fully saturated rings. The van der Waals surface area contributed by atoms with E-state index in [1.54, 1.807) is 13.8 Å². The van der Waals surface area contributed by atoms with Crippen LogP contribution in [0.1, 0.15) is 13.8 Å². The van der Waals surface area contributed by atoms with Crippen LogP contribution in [0.4, 0.5) is 13.2 Å². The van der Waals surface area contributed by atoms with Gasteiger partial charge in [0.1, 0.15) is 4.90 Å². The molecule has 7 heteroatoms. The summed E-state index contributed by atoms with van der Waals surface area (Å²) in [4.78, 5) is -0.892. The van der Waals surface area contributed by atoms with Crippen molar-refractivity contribution in [3.63, 3.8) is 0 Å². The van der Waals surface area contributed by atoms with Gasteiger partial charge in [-0.25, -0.2) is 26.3 Å². The number of hydrogen-bond acceptors (Lipinski definition) is 2. The van der Waals surface area contributed by atoms with Crippen molar-refractivity contribution in [2.75, 3.05) is 6.54 Å². The maximum absolute atomic E-state index is 13.2. The predicted octanol–water partition coefficient (Wildman–Crippen LogP) is 2.04. The predicted molar refractivity (Wildman–Crippen MR) is 56.3 cm³/mol. The highest BCUT2D eigenvalue weighted by Crippen LogP contribution is 2.19. The highest BCUT2D eigenvalue weighted by Gasteiger charge is 2.23. The zero-order valence-electron chi connectivity index (χ0n) is 9.30. The Morgan fingerprint density at radius 3 is 2.29 bits per heavy atom. The van der Waals surface area contributed by atoms with Gasteiger partial charge in [-0.2, -0.15) is 0 Å². The van der Waals surface area contributed by atoms with Gasteiger partial charge in [-0.1, -0.05) is 13.8 Å². The van der Waals surface area contributed by atoms with Gasteiger partial charge in [0.15, 0.2) is 17.5 Å². The van der Waals surface area contributed by atoms with Crippen LogP contribution in [0.3, 0.4) is 0 Å². The van der Waals surface area contributed by atoms with Crippen LogP contribution in [-0.4, -0.2) is 15.0 Å². The van der Waals surface area contributed by atoms with Crippen LogP contribution in [-0.2, 0) is 10.0 Å². The number of nitrogens with one attached hydrogen (secondary N) is 1. The molecule has 96 valence electrons. The number of sulfonamides is 1. The summed E-state index contributed by atoms with van der Waals surface area (Å²) in [6.45, 7) is 3.59. The monoisotopic (exact) mass is 267 g/mol. The number of rotatable bonds is 4. The maximum Gasteiger partial charge on any atom is 0.243 e. The first kappa shape index (κ1) is 14.0. The van der Waals surface area contributed by atoms with Crippen LogP contribution < -0.4 is 4.72 Å². The van der Waals surface area contributed by atoms with Gasteiger partial charge in [-0.15, -0.1) is 0 Å². The molecule has 0 atom stereocenters. The maximum atomic E-state index is 13.2. The van der Waals surface area contributed by atoms with Gasteiger partial charge in [-0.3, -0.25) is 0 Å². The largest absolute Gasteiger partial charge is 0.243 e. The first-order valence-corrected chi connectivity index (χ1v) is 6.37. The molecular weight excluding hydrogens is 255 g/mol. The van der Waals surface area contributed by atoms with E-state index in [4.69, 9.17) is 0 Å². The summed E-state index contributed by atoms with van der Waals surface area (Å²) >= 11 is 0. The molecule has 1 N–H and O–H groups in total. The lowest BCUT2D eigenvalue weighted by molar-refractivity contribution is 0.431. The summed E-state index contributed by atoms with van der Waals surface area (Å²) in [5, 5.41) is 0. The van der Waals surface area contributed by atoms with Crippen molar-refractivity contribution in [1.29, 1.82) is 0 Å². The fraction of sp³-hybridized carbons (Fsp3) is 0.400. The van der Waals surface area contributed by atoms with E-state index in [0.29, 0.717) is 12.1 Å². The molecule has 17 heavy (non-hydrogen) atoms. The molecule has 3 nitrogen and oxygen atoms in total. The van der Waals surface area contributed by atoms with E-state index >= 15 is 0 Å². The van der Waals surface area contributed by atoms with E-state index in [1.165, 1.54) is 0 Å². The molecule has 1 aromatic rings. The second-order valence-corrected chi connectivity index (χ2v) is 5.65. The quantitative estimate of drug-likeness (QED) is 0.848. The standard InChI is InChI=1S/C10H12F3NO2S/c1-6(2)5-14-17(15,16)8-4-3-7(11)9(12)10(8)13/h3-4,6,14H,5H2,1-2H3. The molecule has 0 unspecified atom stereocenters. The zero-order chi connectivity index (χ0) is 13.2. The molecule has 0 saturated heterocycles. The molecule has 0 heterocycles. The Morgan fingerprint density at radius 1 is 1.18 bits per heavy atom. The second-order valence-electron chi connectivity index (χ2n) is 3.92. The highest BCUT2D eigenvalue weighted by molar-refractivity contribution is 7.89. The first-order valence-electron chi connectivity index (χ1n) is 4.89. The third kappa shape index (κ3) is 3.19. The fourth-order valence-electron chi connectivity index (χ4n) is 1.07. The van der Waals surface area contributed by atoms with Crippen molar-refractivity contribution in [3.8, 4) is 0 Å². The molecule has 0 radical (unpaired) electrons. The topological polar surface area (TPSA) is 46.2 Å². The van der Waals surface area contributed by atoms with Crippen LogP contribution >= 0.6 is 0 Å². The summed E-state index contributed by atoms with van der Waals surface area (Å²) in [5.41, 5.74) is 0. The third-order valence-corrected chi connectivity index (χ3v) is 3.41. The van der Waals surface area contributed by atoms with Gasteiger partial charge < -0.3 is 0 Å². The average molecular weight is 267 g/mol. The van der Waals surface area contributed by atoms with Gasteiger partial charge in [-0.05, 0) is 18.1 Å². The third-order valence-electron chi connectivity index (χ3n) is 1.97. The van der Waals surface area contributed by atoms with Crippen molar-refractivity contribution >= 4 is 10.0 Å². The van der Waals surface area contributed by atoms with Crippen LogP contribution in [0.25, 0.3) is 0 Å². The SMILES string of the molecule is CC(C)CNS(=O)(=O)c1ccc(F)c(F)c1F. The summed E-state index contributed by atoms with van der Waals surface area (Å²) < 4.78 is 64.0. The minimum absolute atomic E-state index is 0.0122. The second kappa shape index (κ2) is 5.05. The summed E-state index contributed by atoms with van der Waals surface area (Å²) in [6, 6.07) is 1.26. The molecule has 0 aliphatic carbocycles. The van der Waals surface area contributed by atoms with E-state index in [1.807, 2.05) is 0 Å². The highest BCUT2D eigenvalue weighted by atomic mass is 32.2. The molecule has 1 aromatic carbocycles. The molecule has 0 saturated carbocycles. The number of benzene rings is 1. The van der Waals surface area contributed by atoms with Gasteiger partial charge >= 0.3 is 0 Å². The van der Waals surface area contributed by atoms with Gasteiger partial charge in [0, 0.05) is 6.54 Å². The lowest BCUT2D eigenvalue weighted by Crippen LogP contribution is -2.28. The summed E-state index contributed by atoms with van der Waals surface area (Å²) in [5.74, 6) is -4.91. The zero-order valence-corrected chi connectivity index (χ0v) is 10.1. The van der Waals surface area contributed by atoms with Crippen LogP contribution in [0, 0.1) is 23.4 Å². The van der Waals surface area contributed by atoms with Crippen molar-refractivity contribution in [1.82, 2.24) is 4.72 Å². The summed E-state index contributed by atoms with van der Waals surface area (Å²) in [6.07, 6.45) is 0. The Hall–Kier alpha value is -1.08.